The SMILES string of the molecule is CNc1cc(F)c(C#N)c2c1[nH]c1ncc(-c3cnc4c(c3)c(=O)c(C(=O)O)cn4C)c(N3CC4CCN(C)C4C3)c12. The molecule has 42 heavy (non-hydrogen) atoms. The molecule has 3 N–H and O–H groups in total. The zero-order valence-corrected chi connectivity index (χ0v) is 23.2. The molecular formula is C30H27FN8O3. The van der Waals surface area contributed by atoms with Crippen LogP contribution in [0.4, 0.5) is 15.8 Å². The number of carboxylic acids is 1. The number of likely N-dealkylation sites (N-methyl/N-ethyl adjacent to an activating group) is 1. The number of carboxylic acid groups (broad SMARTS) is 1. The molecule has 7 rings (SSSR count). The van der Waals surface area contributed by atoms with Gasteiger partial charge in [0.15, 0.2) is 0 Å². The third-order valence-corrected chi connectivity index (χ3v) is 8.90. The number of benzene rings is 1. The maximum atomic E-state index is 15.3. The van der Waals surface area contributed by atoms with Gasteiger partial charge in [-0.2, -0.15) is 5.26 Å². The van der Waals surface area contributed by atoms with E-state index < -0.39 is 17.2 Å². The van der Waals surface area contributed by atoms with E-state index in [9.17, 15) is 20.0 Å². The molecule has 2 aliphatic heterocycles. The lowest BCUT2D eigenvalue weighted by Crippen LogP contribution is -2.32. The average Bonchev–Trinajstić information content (AvgIpc) is 3.68. The first kappa shape index (κ1) is 25.9. The molecule has 0 saturated carbocycles. The molecule has 212 valence electrons. The monoisotopic (exact) mass is 566 g/mol. The van der Waals surface area contributed by atoms with Gasteiger partial charge in [-0.05, 0) is 32.0 Å². The minimum atomic E-state index is -1.32. The van der Waals surface area contributed by atoms with E-state index in [1.54, 1.807) is 32.6 Å². The Bertz CT molecular complexity index is 2080. The second kappa shape index (κ2) is 9.25. The number of nitriles is 1. The minimum Gasteiger partial charge on any atom is -0.477 e. The number of fused-ring (bicyclic) bond motifs is 5. The molecule has 0 aliphatic carbocycles. The molecule has 2 atom stereocenters. The molecule has 11 nitrogen and oxygen atoms in total. The Balaban J connectivity index is 1.57. The smallest absolute Gasteiger partial charge is 0.341 e. The van der Waals surface area contributed by atoms with E-state index in [4.69, 9.17) is 4.98 Å². The van der Waals surface area contributed by atoms with Crippen LogP contribution in [0.5, 0.6) is 0 Å². The van der Waals surface area contributed by atoms with Gasteiger partial charge < -0.3 is 29.8 Å². The molecule has 12 heteroatoms. The third kappa shape index (κ3) is 3.60. The van der Waals surface area contributed by atoms with Crippen molar-refractivity contribution in [1.82, 2.24) is 24.4 Å². The molecule has 0 amide bonds. The number of anilines is 2. The van der Waals surface area contributed by atoms with E-state index in [2.05, 4.69) is 38.2 Å². The summed E-state index contributed by atoms with van der Waals surface area (Å²) in [5, 5.41) is 23.9. The molecule has 0 spiro atoms. The number of aromatic carboxylic acids is 1. The van der Waals surface area contributed by atoms with Gasteiger partial charge in [0.25, 0.3) is 0 Å². The number of H-pyrrole nitrogens is 1. The quantitative estimate of drug-likeness (QED) is 0.298. The largest absolute Gasteiger partial charge is 0.477 e. The minimum absolute atomic E-state index is 0.0800. The third-order valence-electron chi connectivity index (χ3n) is 8.90. The second-order valence-electron chi connectivity index (χ2n) is 11.1. The lowest BCUT2D eigenvalue weighted by atomic mass is 9.99. The van der Waals surface area contributed by atoms with Crippen molar-refractivity contribution in [2.24, 2.45) is 13.0 Å². The highest BCUT2D eigenvalue weighted by molar-refractivity contribution is 6.19. The van der Waals surface area contributed by atoms with Crippen LogP contribution in [0, 0.1) is 23.1 Å². The Morgan fingerprint density at radius 2 is 2.02 bits per heavy atom. The first-order valence-corrected chi connectivity index (χ1v) is 13.6. The van der Waals surface area contributed by atoms with Crippen LogP contribution < -0.4 is 15.6 Å². The molecule has 2 fully saturated rings. The summed E-state index contributed by atoms with van der Waals surface area (Å²) in [4.78, 5) is 42.2. The maximum absolute atomic E-state index is 15.3. The normalized spacial score (nSPS) is 18.7. The van der Waals surface area contributed by atoms with Crippen molar-refractivity contribution in [2.45, 2.75) is 12.5 Å². The number of nitrogens with one attached hydrogen (secondary N) is 2. The summed E-state index contributed by atoms with van der Waals surface area (Å²) >= 11 is 0. The highest BCUT2D eigenvalue weighted by atomic mass is 19.1. The number of aryl methyl sites for hydroxylation is 1. The van der Waals surface area contributed by atoms with Gasteiger partial charge in [-0.25, -0.2) is 19.2 Å². The molecule has 0 radical (unpaired) electrons. The first-order valence-electron chi connectivity index (χ1n) is 13.6. The second-order valence-corrected chi connectivity index (χ2v) is 11.1. The van der Waals surface area contributed by atoms with Crippen molar-refractivity contribution in [3.05, 3.63) is 57.9 Å². The number of pyridine rings is 3. The molecular weight excluding hydrogens is 539 g/mol. The molecule has 4 aromatic heterocycles. The van der Waals surface area contributed by atoms with Gasteiger partial charge in [0.05, 0.1) is 33.2 Å². The number of likely N-dealkylation sites (tertiary alicyclic amines) is 1. The van der Waals surface area contributed by atoms with E-state index in [1.165, 1.54) is 16.8 Å². The highest BCUT2D eigenvalue weighted by Crippen LogP contribution is 2.46. The summed E-state index contributed by atoms with van der Waals surface area (Å²) in [5.74, 6) is -1.51. The summed E-state index contributed by atoms with van der Waals surface area (Å²) in [6.45, 7) is 2.51. The Labute approximate surface area is 238 Å². The predicted molar refractivity (Wildman–Crippen MR) is 157 cm³/mol. The van der Waals surface area contributed by atoms with Crippen LogP contribution >= 0.6 is 0 Å². The van der Waals surface area contributed by atoms with Crippen molar-refractivity contribution in [2.75, 3.05) is 43.9 Å². The topological polar surface area (TPSA) is 143 Å². The van der Waals surface area contributed by atoms with Crippen LogP contribution in [0.15, 0.2) is 35.5 Å². The van der Waals surface area contributed by atoms with E-state index in [1.807, 2.05) is 0 Å². The molecule has 2 saturated heterocycles. The molecule has 2 aliphatic rings. The summed E-state index contributed by atoms with van der Waals surface area (Å²) in [5.41, 5.74) is 2.86. The lowest BCUT2D eigenvalue weighted by Gasteiger charge is -2.26. The average molecular weight is 567 g/mol. The number of carbonyl (C=O) groups is 1. The maximum Gasteiger partial charge on any atom is 0.341 e. The van der Waals surface area contributed by atoms with Crippen LogP contribution in [0.1, 0.15) is 22.3 Å². The van der Waals surface area contributed by atoms with Crippen LogP contribution in [-0.4, -0.2) is 75.3 Å². The van der Waals surface area contributed by atoms with Crippen molar-refractivity contribution in [3.63, 3.8) is 0 Å². The van der Waals surface area contributed by atoms with Gasteiger partial charge in [0, 0.05) is 74.4 Å². The Morgan fingerprint density at radius 1 is 1.21 bits per heavy atom. The van der Waals surface area contributed by atoms with Gasteiger partial charge in [-0.3, -0.25) is 4.79 Å². The van der Waals surface area contributed by atoms with E-state index in [-0.39, 0.29) is 16.5 Å². The Morgan fingerprint density at radius 3 is 2.74 bits per heavy atom. The fraction of sp³-hybridized carbons (Fsp3) is 0.300. The van der Waals surface area contributed by atoms with E-state index >= 15 is 4.39 Å². The molecule has 6 heterocycles. The van der Waals surface area contributed by atoms with Crippen LogP contribution in [0.25, 0.3) is 44.1 Å². The van der Waals surface area contributed by atoms with Crippen LogP contribution in [0.3, 0.4) is 0 Å². The van der Waals surface area contributed by atoms with Gasteiger partial charge in [-0.15, -0.1) is 0 Å². The summed E-state index contributed by atoms with van der Waals surface area (Å²) in [6.07, 6.45) is 5.65. The summed E-state index contributed by atoms with van der Waals surface area (Å²) in [7, 11) is 5.45. The standard InChI is InChI=1S/C30H27FN8O3/c1-33-21-7-20(31)17(8-32)23-24-26(39-11-14-4-5-37(2)22(14)13-39)18(10-34-28(24)36-25(21)23)15-6-16-27(40)19(30(41)42)12-38(3)29(16)35-9-15/h6-7,9-10,12,14,22,33H,4-5,11,13H2,1-3H3,(H,34,36)(H,41,42). The van der Waals surface area contributed by atoms with E-state index in [0.29, 0.717) is 56.4 Å². The van der Waals surface area contributed by atoms with Crippen LogP contribution in [-0.2, 0) is 7.05 Å². The Kier molecular flexibility index (Phi) is 5.71. The van der Waals surface area contributed by atoms with Crippen molar-refractivity contribution in [1.29, 1.82) is 5.26 Å². The number of nitrogens with zero attached hydrogens (tertiary/aromatic N) is 6. The van der Waals surface area contributed by atoms with Crippen molar-refractivity contribution in [3.8, 4) is 17.2 Å². The molecule has 2 unspecified atom stereocenters. The first-order chi connectivity index (χ1) is 20.2. The molecule has 1 aromatic carbocycles. The van der Waals surface area contributed by atoms with Crippen molar-refractivity contribution >= 4 is 50.3 Å². The fourth-order valence-corrected chi connectivity index (χ4v) is 6.85. The van der Waals surface area contributed by atoms with Gasteiger partial charge in [-0.1, -0.05) is 0 Å². The van der Waals surface area contributed by atoms with Crippen LogP contribution in [0.2, 0.25) is 0 Å². The molecule has 0 bridgehead atoms. The molecule has 5 aromatic rings. The fourth-order valence-electron chi connectivity index (χ4n) is 6.85. The zero-order chi connectivity index (χ0) is 29.4. The van der Waals surface area contributed by atoms with E-state index in [0.717, 1.165) is 31.7 Å². The van der Waals surface area contributed by atoms with Gasteiger partial charge >= 0.3 is 5.97 Å². The van der Waals surface area contributed by atoms with Gasteiger partial charge in [0.2, 0.25) is 5.43 Å². The number of aromatic amines is 1. The number of rotatable bonds is 4. The Hall–Kier alpha value is -5.02. The number of aromatic nitrogens is 4. The number of hydrogen-bond donors (Lipinski definition) is 3. The summed E-state index contributed by atoms with van der Waals surface area (Å²) < 4.78 is 16.8. The van der Waals surface area contributed by atoms with Crippen molar-refractivity contribution < 1.29 is 14.3 Å². The highest BCUT2D eigenvalue weighted by Gasteiger charge is 2.41. The zero-order valence-electron chi connectivity index (χ0n) is 23.2. The predicted octanol–water partition coefficient (Wildman–Crippen LogP) is 3.52. The van der Waals surface area contributed by atoms with Gasteiger partial charge in [0.1, 0.15) is 28.7 Å². The lowest BCUT2D eigenvalue weighted by molar-refractivity contribution is 0.0695. The number of halogens is 1. The number of hydrogen-bond acceptors (Lipinski definition) is 8. The summed E-state index contributed by atoms with van der Waals surface area (Å²) in [6, 6.07) is 5.34.